The van der Waals surface area contributed by atoms with Crippen molar-refractivity contribution in [3.05, 3.63) is 65.2 Å². The molecule has 3 aromatic heterocycles. The van der Waals surface area contributed by atoms with E-state index in [2.05, 4.69) is 9.71 Å². The van der Waals surface area contributed by atoms with Gasteiger partial charge >= 0.3 is 5.97 Å². The van der Waals surface area contributed by atoms with Crippen LogP contribution in [0, 0.1) is 6.92 Å². The Kier molecular flexibility index (Phi) is 4.96. The molecule has 0 bridgehead atoms. The molecule has 0 fully saturated rings. The summed E-state index contributed by atoms with van der Waals surface area (Å²) in [4.78, 5) is 16.5. The van der Waals surface area contributed by atoms with Gasteiger partial charge in [-0.1, -0.05) is 6.07 Å². The average Bonchev–Trinajstić information content (AvgIpc) is 3.35. The van der Waals surface area contributed by atoms with Crippen LogP contribution in [-0.2, 0) is 10.0 Å². The SMILES string of the molecule is COc1ccc(C(=O)O)cc1S(=O)(=O)Nc1c(-c2cccs2)nc2cc(C)ccn12. The van der Waals surface area contributed by atoms with E-state index in [4.69, 9.17) is 4.74 Å². The van der Waals surface area contributed by atoms with Crippen LogP contribution in [0.15, 0.2) is 58.9 Å². The molecule has 0 amide bonds. The Hall–Kier alpha value is -3.37. The summed E-state index contributed by atoms with van der Waals surface area (Å²) in [6, 6.07) is 11.1. The second-order valence-electron chi connectivity index (χ2n) is 6.49. The third-order valence-electron chi connectivity index (χ3n) is 4.47. The molecule has 10 heteroatoms. The summed E-state index contributed by atoms with van der Waals surface area (Å²) in [6.45, 7) is 1.92. The van der Waals surface area contributed by atoms with Crippen LogP contribution in [0.25, 0.3) is 16.2 Å². The fourth-order valence-electron chi connectivity index (χ4n) is 3.03. The summed E-state index contributed by atoms with van der Waals surface area (Å²) >= 11 is 1.43. The molecule has 4 rings (SSSR count). The molecule has 0 aliphatic rings. The number of nitrogens with one attached hydrogen (secondary N) is 1. The van der Waals surface area contributed by atoms with Gasteiger partial charge in [-0.2, -0.15) is 0 Å². The lowest BCUT2D eigenvalue weighted by atomic mass is 10.2. The van der Waals surface area contributed by atoms with Crippen molar-refractivity contribution in [2.45, 2.75) is 11.8 Å². The highest BCUT2D eigenvalue weighted by Gasteiger charge is 2.26. The van der Waals surface area contributed by atoms with Crippen molar-refractivity contribution in [3.8, 4) is 16.3 Å². The summed E-state index contributed by atoms with van der Waals surface area (Å²) < 4.78 is 35.9. The number of imidazole rings is 1. The van der Waals surface area contributed by atoms with E-state index < -0.39 is 16.0 Å². The first-order valence-electron chi connectivity index (χ1n) is 8.77. The number of fused-ring (bicyclic) bond motifs is 1. The molecule has 1 aromatic carbocycles. The molecule has 0 atom stereocenters. The Morgan fingerprint density at radius 2 is 2.03 bits per heavy atom. The van der Waals surface area contributed by atoms with Gasteiger partial charge < -0.3 is 9.84 Å². The van der Waals surface area contributed by atoms with Crippen molar-refractivity contribution in [3.63, 3.8) is 0 Å². The monoisotopic (exact) mass is 443 g/mol. The van der Waals surface area contributed by atoms with Gasteiger partial charge in [-0.3, -0.25) is 9.12 Å². The summed E-state index contributed by atoms with van der Waals surface area (Å²) in [5.74, 6) is -0.941. The standard InChI is InChI=1S/C20H17N3O5S2/c1-12-7-8-23-17(10-12)21-18(15-4-3-9-29-15)19(23)22-30(26,27)16-11-13(20(24)25)5-6-14(16)28-2/h3-11,22H,1-2H3,(H,24,25). The lowest BCUT2D eigenvalue weighted by molar-refractivity contribution is 0.0696. The van der Waals surface area contributed by atoms with Gasteiger partial charge in [0.05, 0.1) is 17.6 Å². The maximum Gasteiger partial charge on any atom is 0.335 e. The van der Waals surface area contributed by atoms with Gasteiger partial charge in [0.15, 0.2) is 5.82 Å². The van der Waals surface area contributed by atoms with Crippen LogP contribution in [0.2, 0.25) is 0 Å². The molecule has 0 saturated heterocycles. The summed E-state index contributed by atoms with van der Waals surface area (Å²) in [6.07, 6.45) is 1.73. The van der Waals surface area contributed by atoms with Crippen molar-refractivity contribution in [1.29, 1.82) is 0 Å². The summed E-state index contributed by atoms with van der Waals surface area (Å²) in [5.41, 5.74) is 1.88. The number of carboxylic acid groups (broad SMARTS) is 1. The van der Waals surface area contributed by atoms with Gasteiger partial charge in [-0.15, -0.1) is 11.3 Å². The van der Waals surface area contributed by atoms with E-state index >= 15 is 0 Å². The lowest BCUT2D eigenvalue weighted by Crippen LogP contribution is -2.16. The smallest absolute Gasteiger partial charge is 0.335 e. The minimum Gasteiger partial charge on any atom is -0.495 e. The van der Waals surface area contributed by atoms with E-state index in [1.807, 2.05) is 36.6 Å². The number of thiophene rings is 1. The normalized spacial score (nSPS) is 11.5. The highest BCUT2D eigenvalue weighted by atomic mass is 32.2. The first-order valence-corrected chi connectivity index (χ1v) is 11.1. The highest BCUT2D eigenvalue weighted by Crippen LogP contribution is 2.35. The van der Waals surface area contributed by atoms with Crippen LogP contribution >= 0.6 is 11.3 Å². The number of sulfonamides is 1. The largest absolute Gasteiger partial charge is 0.495 e. The number of nitrogens with zero attached hydrogens (tertiary/aromatic N) is 2. The van der Waals surface area contributed by atoms with Crippen LogP contribution in [0.3, 0.4) is 0 Å². The third-order valence-corrected chi connectivity index (χ3v) is 6.70. The molecule has 4 aromatic rings. The molecule has 0 spiro atoms. The lowest BCUT2D eigenvalue weighted by Gasteiger charge is -2.13. The van der Waals surface area contributed by atoms with E-state index in [1.54, 1.807) is 10.6 Å². The van der Waals surface area contributed by atoms with Crippen LogP contribution in [0.4, 0.5) is 5.82 Å². The Balaban J connectivity index is 1.89. The average molecular weight is 444 g/mol. The minimum atomic E-state index is -4.19. The van der Waals surface area contributed by atoms with E-state index in [1.165, 1.54) is 30.6 Å². The Morgan fingerprint density at radius 3 is 2.70 bits per heavy atom. The number of hydrogen-bond acceptors (Lipinski definition) is 6. The van der Waals surface area contributed by atoms with E-state index in [0.717, 1.165) is 16.5 Å². The number of carbonyl (C=O) groups is 1. The predicted octanol–water partition coefficient (Wildman–Crippen LogP) is 3.88. The second kappa shape index (κ2) is 7.47. The first-order chi connectivity index (χ1) is 14.3. The first kappa shape index (κ1) is 19.9. The number of pyridine rings is 1. The fraction of sp³-hybridized carbons (Fsp3) is 0.100. The molecule has 0 unspecified atom stereocenters. The number of aromatic carboxylic acids is 1. The van der Waals surface area contributed by atoms with Gasteiger partial charge in [0, 0.05) is 6.20 Å². The molecular formula is C20H17N3O5S2. The van der Waals surface area contributed by atoms with Crippen molar-refractivity contribution in [2.24, 2.45) is 0 Å². The number of methoxy groups -OCH3 is 1. The molecule has 8 nitrogen and oxygen atoms in total. The molecule has 154 valence electrons. The number of aryl methyl sites for hydroxylation is 1. The zero-order valence-electron chi connectivity index (χ0n) is 16.0. The van der Waals surface area contributed by atoms with E-state index in [9.17, 15) is 18.3 Å². The van der Waals surface area contributed by atoms with Crippen LogP contribution in [0.5, 0.6) is 5.75 Å². The van der Waals surface area contributed by atoms with Gasteiger partial charge in [0.25, 0.3) is 10.0 Å². The third kappa shape index (κ3) is 3.51. The van der Waals surface area contributed by atoms with Gasteiger partial charge in [-0.25, -0.2) is 18.2 Å². The van der Waals surface area contributed by atoms with Crippen molar-refractivity contribution in [2.75, 3.05) is 11.8 Å². The molecular weight excluding hydrogens is 426 g/mol. The Labute approximate surface area is 176 Å². The molecule has 2 N–H and O–H groups in total. The van der Waals surface area contributed by atoms with Crippen LogP contribution in [-0.4, -0.2) is 36.0 Å². The topological polar surface area (TPSA) is 110 Å². The predicted molar refractivity (Wildman–Crippen MR) is 114 cm³/mol. The number of rotatable bonds is 6. The Bertz CT molecular complexity index is 1360. The summed E-state index contributed by atoms with van der Waals surface area (Å²) in [5, 5.41) is 11.1. The molecule has 0 radical (unpaired) electrons. The van der Waals surface area contributed by atoms with Crippen molar-refractivity contribution in [1.82, 2.24) is 9.38 Å². The van der Waals surface area contributed by atoms with Gasteiger partial charge in [0.2, 0.25) is 0 Å². The number of aromatic nitrogens is 2. The molecule has 0 aliphatic heterocycles. The number of ether oxygens (including phenoxy) is 1. The molecule has 0 saturated carbocycles. The zero-order chi connectivity index (χ0) is 21.5. The van der Waals surface area contributed by atoms with E-state index in [0.29, 0.717) is 11.3 Å². The minimum absolute atomic E-state index is 0.0369. The van der Waals surface area contributed by atoms with Gasteiger partial charge in [-0.05, 0) is 54.3 Å². The number of carboxylic acids is 1. The summed E-state index contributed by atoms with van der Waals surface area (Å²) in [7, 11) is -2.87. The number of hydrogen-bond donors (Lipinski definition) is 2. The Morgan fingerprint density at radius 1 is 1.23 bits per heavy atom. The maximum atomic E-state index is 13.3. The fourth-order valence-corrected chi connectivity index (χ4v) is 5.00. The van der Waals surface area contributed by atoms with Gasteiger partial charge in [0.1, 0.15) is 22.0 Å². The number of anilines is 1. The quantitative estimate of drug-likeness (QED) is 0.468. The maximum absolute atomic E-state index is 13.3. The molecule has 30 heavy (non-hydrogen) atoms. The van der Waals surface area contributed by atoms with E-state index in [-0.39, 0.29) is 22.0 Å². The van der Waals surface area contributed by atoms with Crippen molar-refractivity contribution < 1.29 is 23.1 Å². The molecule has 3 heterocycles. The zero-order valence-corrected chi connectivity index (χ0v) is 17.6. The van der Waals surface area contributed by atoms with Crippen LogP contribution < -0.4 is 9.46 Å². The van der Waals surface area contributed by atoms with Crippen LogP contribution in [0.1, 0.15) is 15.9 Å². The number of benzene rings is 1. The molecule has 0 aliphatic carbocycles. The second-order valence-corrected chi connectivity index (χ2v) is 9.09. The highest BCUT2D eigenvalue weighted by molar-refractivity contribution is 7.92. The van der Waals surface area contributed by atoms with Crippen molar-refractivity contribution >= 4 is 38.8 Å².